The number of halogens is 2. The van der Waals surface area contributed by atoms with E-state index in [0.29, 0.717) is 4.47 Å². The molecule has 0 saturated carbocycles. The Bertz CT molecular complexity index is 575. The Labute approximate surface area is 117 Å². The fourth-order valence-electron chi connectivity index (χ4n) is 1.24. The molecule has 0 amide bonds. The van der Waals surface area contributed by atoms with Gasteiger partial charge in [-0.15, -0.1) is 4.98 Å². The summed E-state index contributed by atoms with van der Waals surface area (Å²) in [5.41, 5.74) is 0. The fourth-order valence-corrected chi connectivity index (χ4v) is 1.58. The van der Waals surface area contributed by atoms with Gasteiger partial charge in [-0.25, -0.2) is 4.39 Å². The van der Waals surface area contributed by atoms with Gasteiger partial charge in [0.15, 0.2) is 11.6 Å². The first kappa shape index (κ1) is 13.5. The van der Waals surface area contributed by atoms with Crippen LogP contribution >= 0.6 is 15.9 Å². The van der Waals surface area contributed by atoms with Gasteiger partial charge in [-0.3, -0.25) is 0 Å². The number of nitrogens with one attached hydrogen (secondary N) is 1. The van der Waals surface area contributed by atoms with Crippen molar-refractivity contribution in [2.75, 3.05) is 19.5 Å². The number of anilines is 1. The second kappa shape index (κ2) is 5.79. The Morgan fingerprint density at radius 1 is 1.21 bits per heavy atom. The van der Waals surface area contributed by atoms with Crippen LogP contribution in [-0.2, 0) is 0 Å². The zero-order valence-corrected chi connectivity index (χ0v) is 11.7. The minimum Gasteiger partial charge on any atom is -0.467 e. The van der Waals surface area contributed by atoms with Crippen molar-refractivity contribution in [3.8, 4) is 17.8 Å². The van der Waals surface area contributed by atoms with Crippen molar-refractivity contribution in [1.82, 2.24) is 15.0 Å². The van der Waals surface area contributed by atoms with E-state index in [1.54, 1.807) is 13.1 Å². The van der Waals surface area contributed by atoms with Crippen molar-refractivity contribution in [3.63, 3.8) is 0 Å². The number of hydrogen-bond acceptors (Lipinski definition) is 6. The third-order valence-electron chi connectivity index (χ3n) is 2.10. The highest BCUT2D eigenvalue weighted by Crippen LogP contribution is 2.26. The summed E-state index contributed by atoms with van der Waals surface area (Å²) in [6.07, 6.45) is 0. The van der Waals surface area contributed by atoms with Gasteiger partial charge in [-0.2, -0.15) is 9.97 Å². The van der Waals surface area contributed by atoms with Crippen molar-refractivity contribution in [2.45, 2.75) is 0 Å². The van der Waals surface area contributed by atoms with Crippen LogP contribution < -0.4 is 14.8 Å². The fraction of sp³-hybridized carbons (Fsp3) is 0.182. The minimum atomic E-state index is -0.520. The third-order valence-corrected chi connectivity index (χ3v) is 2.59. The van der Waals surface area contributed by atoms with Crippen LogP contribution in [0.3, 0.4) is 0 Å². The molecule has 2 aromatic rings. The Hall–Kier alpha value is -1.96. The van der Waals surface area contributed by atoms with Crippen LogP contribution in [0.25, 0.3) is 0 Å². The average Bonchev–Trinajstić information content (AvgIpc) is 2.42. The highest BCUT2D eigenvalue weighted by Gasteiger charge is 2.11. The monoisotopic (exact) mass is 328 g/mol. The number of ether oxygens (including phenoxy) is 2. The topological polar surface area (TPSA) is 69.2 Å². The summed E-state index contributed by atoms with van der Waals surface area (Å²) in [6, 6.07) is 4.33. The average molecular weight is 329 g/mol. The maximum atomic E-state index is 13.6. The zero-order chi connectivity index (χ0) is 13.8. The van der Waals surface area contributed by atoms with Crippen molar-refractivity contribution in [2.24, 2.45) is 0 Å². The van der Waals surface area contributed by atoms with Crippen LogP contribution in [0.1, 0.15) is 0 Å². The minimum absolute atomic E-state index is 0.00433. The lowest BCUT2D eigenvalue weighted by Gasteiger charge is -2.07. The van der Waals surface area contributed by atoms with Crippen molar-refractivity contribution < 1.29 is 13.9 Å². The quantitative estimate of drug-likeness (QED) is 0.930. The van der Waals surface area contributed by atoms with Gasteiger partial charge in [-0.1, -0.05) is 15.9 Å². The summed E-state index contributed by atoms with van der Waals surface area (Å²) in [6.45, 7) is 0. The van der Waals surface area contributed by atoms with Gasteiger partial charge in [-0.05, 0) is 18.2 Å². The number of methoxy groups -OCH3 is 1. The van der Waals surface area contributed by atoms with Gasteiger partial charge < -0.3 is 14.8 Å². The van der Waals surface area contributed by atoms with Crippen LogP contribution in [0.5, 0.6) is 17.8 Å². The Balaban J connectivity index is 2.34. The lowest BCUT2D eigenvalue weighted by molar-refractivity contribution is 0.355. The summed E-state index contributed by atoms with van der Waals surface area (Å²) in [7, 11) is 3.05. The number of benzene rings is 1. The van der Waals surface area contributed by atoms with Crippen molar-refractivity contribution >= 4 is 21.9 Å². The van der Waals surface area contributed by atoms with Gasteiger partial charge in [0, 0.05) is 11.5 Å². The molecule has 0 unspecified atom stereocenters. The Kier molecular flexibility index (Phi) is 4.10. The predicted molar refractivity (Wildman–Crippen MR) is 70.1 cm³/mol. The van der Waals surface area contributed by atoms with E-state index in [1.165, 1.54) is 19.2 Å². The molecule has 0 aliphatic carbocycles. The number of rotatable bonds is 4. The van der Waals surface area contributed by atoms with Gasteiger partial charge in [0.05, 0.1) is 7.11 Å². The van der Waals surface area contributed by atoms with E-state index in [0.717, 1.165) is 0 Å². The SMILES string of the molecule is CNc1nc(OC)nc(Oc2cc(Br)ccc2F)n1. The lowest BCUT2D eigenvalue weighted by Crippen LogP contribution is -2.03. The first-order valence-corrected chi connectivity index (χ1v) is 6.02. The highest BCUT2D eigenvalue weighted by atomic mass is 79.9. The molecular formula is C11H10BrFN4O2. The van der Waals surface area contributed by atoms with E-state index < -0.39 is 5.82 Å². The van der Waals surface area contributed by atoms with Crippen LogP contribution in [-0.4, -0.2) is 29.1 Å². The van der Waals surface area contributed by atoms with Crippen LogP contribution in [0, 0.1) is 5.82 Å². The Morgan fingerprint density at radius 3 is 2.63 bits per heavy atom. The van der Waals surface area contributed by atoms with Crippen LogP contribution in [0.4, 0.5) is 10.3 Å². The highest BCUT2D eigenvalue weighted by molar-refractivity contribution is 9.10. The molecule has 1 heterocycles. The number of aromatic nitrogens is 3. The molecule has 0 spiro atoms. The second-order valence-electron chi connectivity index (χ2n) is 3.36. The molecule has 0 atom stereocenters. The predicted octanol–water partition coefficient (Wildman–Crippen LogP) is 2.62. The van der Waals surface area contributed by atoms with Crippen molar-refractivity contribution in [1.29, 1.82) is 0 Å². The molecule has 2 rings (SSSR count). The van der Waals surface area contributed by atoms with Gasteiger partial charge in [0.1, 0.15) is 0 Å². The number of nitrogens with zero attached hydrogens (tertiary/aromatic N) is 3. The first-order valence-electron chi connectivity index (χ1n) is 5.23. The second-order valence-corrected chi connectivity index (χ2v) is 4.27. The molecule has 0 saturated heterocycles. The molecule has 0 radical (unpaired) electrons. The molecule has 0 fully saturated rings. The normalized spacial score (nSPS) is 10.1. The summed E-state index contributed by atoms with van der Waals surface area (Å²) in [5.74, 6) is -0.254. The molecule has 8 heteroatoms. The standard InChI is InChI=1S/C11H10BrFN4O2/c1-14-9-15-10(18-2)17-11(16-9)19-8-5-6(12)3-4-7(8)13/h3-5H,1-2H3,(H,14,15,16,17). The maximum Gasteiger partial charge on any atom is 0.330 e. The van der Waals surface area contributed by atoms with E-state index in [2.05, 4.69) is 36.2 Å². The van der Waals surface area contributed by atoms with E-state index in [1.807, 2.05) is 0 Å². The molecule has 1 aromatic carbocycles. The summed E-state index contributed by atoms with van der Waals surface area (Å²) >= 11 is 3.23. The molecule has 0 bridgehead atoms. The molecular weight excluding hydrogens is 319 g/mol. The van der Waals surface area contributed by atoms with E-state index in [4.69, 9.17) is 9.47 Å². The lowest BCUT2D eigenvalue weighted by atomic mass is 10.3. The van der Waals surface area contributed by atoms with E-state index in [9.17, 15) is 4.39 Å². The molecule has 0 aliphatic heterocycles. The van der Waals surface area contributed by atoms with Crippen LogP contribution in [0.15, 0.2) is 22.7 Å². The van der Waals surface area contributed by atoms with Crippen molar-refractivity contribution in [3.05, 3.63) is 28.5 Å². The van der Waals surface area contributed by atoms with E-state index in [-0.39, 0.29) is 23.7 Å². The van der Waals surface area contributed by atoms with Gasteiger partial charge in [0.25, 0.3) is 0 Å². The molecule has 1 aromatic heterocycles. The van der Waals surface area contributed by atoms with Gasteiger partial charge >= 0.3 is 12.0 Å². The summed E-state index contributed by atoms with van der Waals surface area (Å²) in [5, 5.41) is 2.73. The molecule has 1 N–H and O–H groups in total. The molecule has 100 valence electrons. The van der Waals surface area contributed by atoms with E-state index >= 15 is 0 Å². The first-order chi connectivity index (χ1) is 9.12. The smallest absolute Gasteiger partial charge is 0.330 e. The zero-order valence-electron chi connectivity index (χ0n) is 10.1. The molecule has 19 heavy (non-hydrogen) atoms. The van der Waals surface area contributed by atoms with Crippen LogP contribution in [0.2, 0.25) is 0 Å². The largest absolute Gasteiger partial charge is 0.467 e. The number of hydrogen-bond donors (Lipinski definition) is 1. The third kappa shape index (κ3) is 3.28. The molecule has 6 nitrogen and oxygen atoms in total. The molecule has 0 aliphatic rings. The Morgan fingerprint density at radius 2 is 1.95 bits per heavy atom. The maximum absolute atomic E-state index is 13.6. The summed E-state index contributed by atoms with van der Waals surface area (Å²) in [4.78, 5) is 11.7. The summed E-state index contributed by atoms with van der Waals surface area (Å²) < 4.78 is 24.4. The van der Waals surface area contributed by atoms with Gasteiger partial charge in [0.2, 0.25) is 5.95 Å².